The smallest absolute Gasteiger partial charge is 0.409 e. The first kappa shape index (κ1) is 15.2. The summed E-state index contributed by atoms with van der Waals surface area (Å²) in [6.07, 6.45) is 1.33. The van der Waals surface area contributed by atoms with Gasteiger partial charge in [0.2, 0.25) is 0 Å². The van der Waals surface area contributed by atoms with Crippen molar-refractivity contribution < 1.29 is 14.6 Å². The average Bonchev–Trinajstić information content (AvgIpc) is 2.36. The summed E-state index contributed by atoms with van der Waals surface area (Å²) in [6.45, 7) is 8.35. The van der Waals surface area contributed by atoms with E-state index in [-0.39, 0.29) is 18.1 Å². The summed E-state index contributed by atoms with van der Waals surface area (Å²) in [5.41, 5.74) is 0. The van der Waals surface area contributed by atoms with Gasteiger partial charge in [-0.1, -0.05) is 13.8 Å². The highest BCUT2D eigenvalue weighted by atomic mass is 16.6. The van der Waals surface area contributed by atoms with Crippen LogP contribution < -0.4 is 5.32 Å². The Morgan fingerprint density at radius 1 is 1.44 bits per heavy atom. The third-order valence-corrected chi connectivity index (χ3v) is 3.41. The third-order valence-electron chi connectivity index (χ3n) is 3.41. The first-order chi connectivity index (χ1) is 8.54. The fourth-order valence-corrected chi connectivity index (χ4v) is 2.00. The molecule has 0 aromatic heterocycles. The van der Waals surface area contributed by atoms with Crippen LogP contribution in [0, 0.1) is 5.92 Å². The Bertz CT molecular complexity index is 251. The van der Waals surface area contributed by atoms with E-state index in [1.54, 1.807) is 4.90 Å². The number of aliphatic hydroxyl groups is 1. The number of carbonyl (C=O) groups excluding carboxylic acids is 1. The van der Waals surface area contributed by atoms with Crippen LogP contribution in [0.3, 0.4) is 0 Å². The minimum absolute atomic E-state index is 0.210. The van der Waals surface area contributed by atoms with Crippen molar-refractivity contribution in [1.82, 2.24) is 10.2 Å². The summed E-state index contributed by atoms with van der Waals surface area (Å²) in [6, 6.07) is 0.393. The molecule has 0 spiro atoms. The fourth-order valence-electron chi connectivity index (χ4n) is 2.00. The number of nitrogens with zero attached hydrogens (tertiary/aromatic N) is 1. The molecule has 0 bridgehead atoms. The molecule has 0 aliphatic carbocycles. The lowest BCUT2D eigenvalue weighted by molar-refractivity contribution is 0.0890. The van der Waals surface area contributed by atoms with Crippen LogP contribution in [0.25, 0.3) is 0 Å². The van der Waals surface area contributed by atoms with E-state index in [4.69, 9.17) is 4.74 Å². The maximum Gasteiger partial charge on any atom is 0.409 e. The summed E-state index contributed by atoms with van der Waals surface area (Å²) < 4.78 is 4.97. The van der Waals surface area contributed by atoms with E-state index < -0.39 is 0 Å². The average molecular weight is 258 g/mol. The van der Waals surface area contributed by atoms with E-state index >= 15 is 0 Å². The Labute approximate surface area is 109 Å². The summed E-state index contributed by atoms with van der Waals surface area (Å²) in [4.78, 5) is 13.3. The number of aliphatic hydroxyl groups excluding tert-OH is 1. The molecule has 1 rings (SSSR count). The molecule has 18 heavy (non-hydrogen) atoms. The van der Waals surface area contributed by atoms with Gasteiger partial charge in [-0.15, -0.1) is 0 Å². The van der Waals surface area contributed by atoms with Gasteiger partial charge in [-0.05, 0) is 25.7 Å². The summed E-state index contributed by atoms with van der Waals surface area (Å²) >= 11 is 0. The van der Waals surface area contributed by atoms with Crippen molar-refractivity contribution in [2.24, 2.45) is 5.92 Å². The first-order valence-electron chi connectivity index (χ1n) is 6.87. The van der Waals surface area contributed by atoms with E-state index in [1.807, 2.05) is 20.8 Å². The molecular formula is C13H26N2O3. The largest absolute Gasteiger partial charge is 0.450 e. The second kappa shape index (κ2) is 7.59. The molecular weight excluding hydrogens is 232 g/mol. The van der Waals surface area contributed by atoms with E-state index in [0.717, 1.165) is 25.9 Å². The van der Waals surface area contributed by atoms with Crippen LogP contribution >= 0.6 is 0 Å². The molecule has 106 valence electrons. The lowest BCUT2D eigenvalue weighted by atomic mass is 10.0. The molecule has 1 atom stereocenters. The van der Waals surface area contributed by atoms with Crippen molar-refractivity contribution in [2.75, 3.05) is 26.2 Å². The maximum absolute atomic E-state index is 11.5. The van der Waals surface area contributed by atoms with Gasteiger partial charge in [0.15, 0.2) is 0 Å². The Kier molecular flexibility index (Phi) is 6.43. The Balaban J connectivity index is 2.21. The minimum atomic E-state index is -0.298. The highest BCUT2D eigenvalue weighted by Crippen LogP contribution is 2.12. The second-order valence-electron chi connectivity index (χ2n) is 5.18. The summed E-state index contributed by atoms with van der Waals surface area (Å²) in [5.74, 6) is 0.275. The fraction of sp³-hybridized carbons (Fsp3) is 0.923. The van der Waals surface area contributed by atoms with Crippen LogP contribution in [-0.4, -0.2) is 54.5 Å². The lowest BCUT2D eigenvalue weighted by Crippen LogP contribution is -2.47. The van der Waals surface area contributed by atoms with Gasteiger partial charge in [0.05, 0.1) is 12.7 Å². The molecule has 1 unspecified atom stereocenters. The number of nitrogens with one attached hydrogen (secondary N) is 1. The molecule has 1 saturated heterocycles. The van der Waals surface area contributed by atoms with Gasteiger partial charge in [-0.2, -0.15) is 0 Å². The highest BCUT2D eigenvalue weighted by Gasteiger charge is 2.23. The number of likely N-dealkylation sites (tertiary alicyclic amines) is 1. The topological polar surface area (TPSA) is 61.8 Å². The Morgan fingerprint density at radius 2 is 2.06 bits per heavy atom. The molecule has 0 saturated carbocycles. The molecule has 1 heterocycles. The normalized spacial score (nSPS) is 19.1. The molecule has 0 aromatic carbocycles. The number of piperidine rings is 1. The predicted octanol–water partition coefficient (Wildman–Crippen LogP) is 1.21. The van der Waals surface area contributed by atoms with Crippen LogP contribution in [0.4, 0.5) is 4.79 Å². The van der Waals surface area contributed by atoms with Gasteiger partial charge in [-0.25, -0.2) is 4.79 Å². The monoisotopic (exact) mass is 258 g/mol. The van der Waals surface area contributed by atoms with Crippen molar-refractivity contribution in [3.63, 3.8) is 0 Å². The second-order valence-corrected chi connectivity index (χ2v) is 5.18. The van der Waals surface area contributed by atoms with E-state index in [9.17, 15) is 9.90 Å². The Hall–Kier alpha value is -0.810. The van der Waals surface area contributed by atoms with Crippen molar-refractivity contribution in [3.8, 4) is 0 Å². The minimum Gasteiger partial charge on any atom is -0.450 e. The van der Waals surface area contributed by atoms with Crippen LogP contribution in [0.5, 0.6) is 0 Å². The van der Waals surface area contributed by atoms with Crippen molar-refractivity contribution >= 4 is 6.09 Å². The zero-order valence-corrected chi connectivity index (χ0v) is 11.7. The van der Waals surface area contributed by atoms with Gasteiger partial charge >= 0.3 is 6.09 Å². The van der Waals surface area contributed by atoms with Crippen molar-refractivity contribution in [1.29, 1.82) is 0 Å². The van der Waals surface area contributed by atoms with Gasteiger partial charge in [0.1, 0.15) is 0 Å². The number of amides is 1. The molecule has 1 aliphatic rings. The first-order valence-corrected chi connectivity index (χ1v) is 6.87. The van der Waals surface area contributed by atoms with Gasteiger partial charge < -0.3 is 20.1 Å². The van der Waals surface area contributed by atoms with E-state index in [1.165, 1.54) is 0 Å². The number of hydrogen-bond donors (Lipinski definition) is 2. The van der Waals surface area contributed by atoms with Crippen LogP contribution in [0.15, 0.2) is 0 Å². The zero-order chi connectivity index (χ0) is 13.5. The Morgan fingerprint density at radius 3 is 2.56 bits per heavy atom. The van der Waals surface area contributed by atoms with Crippen molar-refractivity contribution in [3.05, 3.63) is 0 Å². The standard InChI is InChI=1S/C13H26N2O3/c1-4-18-13(17)15-7-5-11(6-8-15)14-9-12(16)10(2)3/h10-12,14,16H,4-9H2,1-3H3. The van der Waals surface area contributed by atoms with Gasteiger partial charge in [-0.3, -0.25) is 0 Å². The molecule has 5 nitrogen and oxygen atoms in total. The number of rotatable bonds is 5. The number of hydrogen-bond acceptors (Lipinski definition) is 4. The van der Waals surface area contributed by atoms with Gasteiger partial charge in [0.25, 0.3) is 0 Å². The molecule has 0 aromatic rings. The lowest BCUT2D eigenvalue weighted by Gasteiger charge is -2.32. The van der Waals surface area contributed by atoms with Gasteiger partial charge in [0, 0.05) is 25.7 Å². The zero-order valence-electron chi connectivity index (χ0n) is 11.7. The highest BCUT2D eigenvalue weighted by molar-refractivity contribution is 5.67. The molecule has 1 amide bonds. The van der Waals surface area contributed by atoms with E-state index in [0.29, 0.717) is 19.2 Å². The van der Waals surface area contributed by atoms with Crippen LogP contribution in [0.2, 0.25) is 0 Å². The SMILES string of the molecule is CCOC(=O)N1CCC(NCC(O)C(C)C)CC1. The third kappa shape index (κ3) is 4.82. The van der Waals surface area contributed by atoms with E-state index in [2.05, 4.69) is 5.32 Å². The number of carbonyl (C=O) groups is 1. The molecule has 5 heteroatoms. The molecule has 0 radical (unpaired) electrons. The molecule has 2 N–H and O–H groups in total. The quantitative estimate of drug-likeness (QED) is 0.778. The van der Waals surface area contributed by atoms with Crippen molar-refractivity contribution in [2.45, 2.75) is 45.8 Å². The summed E-state index contributed by atoms with van der Waals surface area (Å²) in [5, 5.41) is 13.1. The molecule has 1 aliphatic heterocycles. The van der Waals surface area contributed by atoms with Crippen LogP contribution in [-0.2, 0) is 4.74 Å². The predicted molar refractivity (Wildman–Crippen MR) is 70.5 cm³/mol. The number of ether oxygens (including phenoxy) is 1. The molecule has 1 fully saturated rings. The maximum atomic E-state index is 11.5. The summed E-state index contributed by atoms with van der Waals surface area (Å²) in [7, 11) is 0. The van der Waals surface area contributed by atoms with Crippen LogP contribution in [0.1, 0.15) is 33.6 Å².